The molecule has 13 heavy (non-hydrogen) atoms. The number of hydrogen-bond acceptors (Lipinski definition) is 1. The summed E-state index contributed by atoms with van der Waals surface area (Å²) in [4.78, 5) is 0. The predicted octanol–water partition coefficient (Wildman–Crippen LogP) is 2.34. The minimum Gasteiger partial charge on any atom is -0.222 e. The summed E-state index contributed by atoms with van der Waals surface area (Å²) in [5.74, 6) is 1.15. The molecular formula is C11H14NS+. The largest absolute Gasteiger partial charge is 0.242 e. The van der Waals surface area contributed by atoms with Crippen LogP contribution in [0.5, 0.6) is 0 Å². The SMILES string of the molecule is CCSC1=[N+](C)Cc2ccccc21. The fraction of sp³-hybridized carbons (Fsp3) is 0.364. The summed E-state index contributed by atoms with van der Waals surface area (Å²) in [6, 6.07) is 8.67. The minimum absolute atomic E-state index is 1.07. The second-order valence-electron chi connectivity index (χ2n) is 3.25. The number of hydrogen-bond donors (Lipinski definition) is 0. The molecule has 0 radical (unpaired) electrons. The van der Waals surface area contributed by atoms with Gasteiger partial charge in [0.2, 0.25) is 5.04 Å². The fourth-order valence-corrected chi connectivity index (χ4v) is 2.64. The van der Waals surface area contributed by atoms with Gasteiger partial charge in [0.15, 0.2) is 6.54 Å². The Balaban J connectivity index is 2.41. The average molecular weight is 192 g/mol. The van der Waals surface area contributed by atoms with Crippen LogP contribution in [0.3, 0.4) is 0 Å². The van der Waals surface area contributed by atoms with Gasteiger partial charge in [0.25, 0.3) is 0 Å². The molecule has 1 aromatic rings. The Morgan fingerprint density at radius 1 is 1.38 bits per heavy atom. The maximum absolute atomic E-state index is 2.33. The van der Waals surface area contributed by atoms with Crippen molar-refractivity contribution in [1.29, 1.82) is 0 Å². The van der Waals surface area contributed by atoms with Crippen LogP contribution in [0.1, 0.15) is 18.1 Å². The number of rotatable bonds is 1. The van der Waals surface area contributed by atoms with Crippen molar-refractivity contribution in [1.82, 2.24) is 0 Å². The molecule has 1 aliphatic heterocycles. The van der Waals surface area contributed by atoms with Crippen molar-refractivity contribution < 1.29 is 4.58 Å². The van der Waals surface area contributed by atoms with E-state index in [1.165, 1.54) is 16.2 Å². The minimum atomic E-state index is 1.07. The monoisotopic (exact) mass is 192 g/mol. The summed E-state index contributed by atoms with van der Waals surface area (Å²) in [5.41, 5.74) is 2.89. The molecule has 0 amide bonds. The van der Waals surface area contributed by atoms with Gasteiger partial charge in [-0.15, -0.1) is 0 Å². The first-order chi connectivity index (χ1) is 6.33. The highest BCUT2D eigenvalue weighted by molar-refractivity contribution is 8.14. The van der Waals surface area contributed by atoms with Gasteiger partial charge < -0.3 is 0 Å². The summed E-state index contributed by atoms with van der Waals surface area (Å²) in [5, 5.41) is 1.43. The van der Waals surface area contributed by atoms with E-state index >= 15 is 0 Å². The third kappa shape index (κ3) is 1.51. The second-order valence-corrected chi connectivity index (χ2v) is 4.50. The van der Waals surface area contributed by atoms with Gasteiger partial charge in [-0.05, 0) is 6.07 Å². The van der Waals surface area contributed by atoms with Crippen LogP contribution in [0, 0.1) is 0 Å². The van der Waals surface area contributed by atoms with Gasteiger partial charge in [-0.1, -0.05) is 36.9 Å². The lowest BCUT2D eigenvalue weighted by Gasteiger charge is -1.95. The van der Waals surface area contributed by atoms with Gasteiger partial charge in [0.05, 0.1) is 5.56 Å². The topological polar surface area (TPSA) is 3.01 Å². The Bertz CT molecular complexity index is 355. The molecule has 0 fully saturated rings. The quantitative estimate of drug-likeness (QED) is 0.617. The maximum atomic E-state index is 2.33. The van der Waals surface area contributed by atoms with E-state index in [9.17, 15) is 0 Å². The number of benzene rings is 1. The van der Waals surface area contributed by atoms with E-state index in [4.69, 9.17) is 0 Å². The molecular weight excluding hydrogens is 178 g/mol. The standard InChI is InChI=1S/C11H14NS/c1-3-13-11-10-7-5-4-6-9(10)8-12(11)2/h4-7H,3,8H2,1-2H3/q+1. The van der Waals surface area contributed by atoms with Crippen LogP contribution in [0.4, 0.5) is 0 Å². The fourth-order valence-electron chi connectivity index (χ4n) is 1.72. The third-order valence-corrected chi connectivity index (χ3v) is 3.38. The summed E-state index contributed by atoms with van der Waals surface area (Å²) in [6.45, 7) is 3.27. The third-order valence-electron chi connectivity index (χ3n) is 2.28. The van der Waals surface area contributed by atoms with Crippen molar-refractivity contribution in [2.75, 3.05) is 12.8 Å². The molecule has 2 heteroatoms. The molecule has 1 aliphatic rings. The van der Waals surface area contributed by atoms with Crippen molar-refractivity contribution in [3.63, 3.8) is 0 Å². The predicted molar refractivity (Wildman–Crippen MR) is 58.6 cm³/mol. The van der Waals surface area contributed by atoms with Crippen LogP contribution in [0.25, 0.3) is 0 Å². The number of nitrogens with zero attached hydrogens (tertiary/aromatic N) is 1. The van der Waals surface area contributed by atoms with Gasteiger partial charge in [0, 0.05) is 11.3 Å². The van der Waals surface area contributed by atoms with Crippen molar-refractivity contribution in [2.45, 2.75) is 13.5 Å². The van der Waals surface area contributed by atoms with E-state index < -0.39 is 0 Å². The summed E-state index contributed by atoms with van der Waals surface area (Å²) >= 11 is 1.93. The van der Waals surface area contributed by atoms with Crippen molar-refractivity contribution in [2.24, 2.45) is 0 Å². The summed E-state index contributed by atoms with van der Waals surface area (Å²) < 4.78 is 2.33. The van der Waals surface area contributed by atoms with E-state index in [1.807, 2.05) is 11.8 Å². The van der Waals surface area contributed by atoms with Crippen molar-refractivity contribution in [3.8, 4) is 0 Å². The van der Waals surface area contributed by atoms with Gasteiger partial charge >= 0.3 is 0 Å². The van der Waals surface area contributed by atoms with Gasteiger partial charge in [-0.3, -0.25) is 0 Å². The van der Waals surface area contributed by atoms with Gasteiger partial charge in [-0.25, -0.2) is 4.58 Å². The van der Waals surface area contributed by atoms with Crippen LogP contribution in [-0.2, 0) is 6.54 Å². The molecule has 0 bridgehead atoms. The summed E-state index contributed by atoms with van der Waals surface area (Å²) in [6.07, 6.45) is 0. The molecule has 0 N–H and O–H groups in total. The Hall–Kier alpha value is -0.760. The zero-order valence-electron chi connectivity index (χ0n) is 8.08. The van der Waals surface area contributed by atoms with Gasteiger partial charge in [-0.2, -0.15) is 0 Å². The molecule has 0 aliphatic carbocycles. The van der Waals surface area contributed by atoms with Crippen LogP contribution >= 0.6 is 11.8 Å². The second kappa shape index (κ2) is 3.54. The lowest BCUT2D eigenvalue weighted by molar-refractivity contribution is -0.506. The molecule has 0 spiro atoms. The highest BCUT2D eigenvalue weighted by Gasteiger charge is 2.25. The molecule has 68 valence electrons. The molecule has 1 heterocycles. The van der Waals surface area contributed by atoms with Crippen LogP contribution in [0.2, 0.25) is 0 Å². The normalized spacial score (nSPS) is 14.9. The smallest absolute Gasteiger partial charge is 0.222 e. The Morgan fingerprint density at radius 3 is 2.92 bits per heavy atom. The highest BCUT2D eigenvalue weighted by Crippen LogP contribution is 2.23. The van der Waals surface area contributed by atoms with E-state index in [2.05, 4.69) is 42.8 Å². The molecule has 0 saturated carbocycles. The molecule has 1 nitrogen and oxygen atoms in total. The Kier molecular flexibility index (Phi) is 2.40. The molecule has 0 unspecified atom stereocenters. The van der Waals surface area contributed by atoms with Crippen molar-refractivity contribution >= 4 is 16.8 Å². The summed E-state index contributed by atoms with van der Waals surface area (Å²) in [7, 11) is 2.16. The van der Waals surface area contributed by atoms with Crippen LogP contribution in [-0.4, -0.2) is 22.4 Å². The first-order valence-corrected chi connectivity index (χ1v) is 5.60. The first-order valence-electron chi connectivity index (χ1n) is 4.62. The van der Waals surface area contributed by atoms with Gasteiger partial charge in [0.1, 0.15) is 7.05 Å². The number of fused-ring (bicyclic) bond motifs is 1. The molecule has 0 aromatic heterocycles. The van der Waals surface area contributed by atoms with E-state index in [1.54, 1.807) is 0 Å². The van der Waals surface area contributed by atoms with E-state index in [-0.39, 0.29) is 0 Å². The van der Waals surface area contributed by atoms with Crippen LogP contribution in [0.15, 0.2) is 24.3 Å². The number of thioether (sulfide) groups is 1. The first kappa shape index (κ1) is 8.82. The molecule has 0 atom stereocenters. The van der Waals surface area contributed by atoms with Crippen molar-refractivity contribution in [3.05, 3.63) is 35.4 Å². The van der Waals surface area contributed by atoms with E-state index in [0.29, 0.717) is 0 Å². The zero-order chi connectivity index (χ0) is 9.26. The average Bonchev–Trinajstić information content (AvgIpc) is 2.44. The lowest BCUT2D eigenvalue weighted by atomic mass is 10.1. The molecule has 2 rings (SSSR count). The lowest BCUT2D eigenvalue weighted by Crippen LogP contribution is -2.06. The zero-order valence-corrected chi connectivity index (χ0v) is 8.90. The Labute approximate surface area is 83.5 Å². The highest BCUT2D eigenvalue weighted by atomic mass is 32.2. The van der Waals surface area contributed by atoms with Crippen LogP contribution < -0.4 is 0 Å². The molecule has 0 saturated heterocycles. The Morgan fingerprint density at radius 2 is 2.15 bits per heavy atom. The maximum Gasteiger partial charge on any atom is 0.242 e. The van der Waals surface area contributed by atoms with E-state index in [0.717, 1.165) is 12.3 Å². The molecule has 1 aromatic carbocycles.